The molecule has 0 spiro atoms. The summed E-state index contributed by atoms with van der Waals surface area (Å²) in [7, 11) is 3.78. The number of ether oxygens (including phenoxy) is 1. The van der Waals surface area contributed by atoms with E-state index >= 15 is 0 Å². The highest BCUT2D eigenvalue weighted by atomic mass is 16.6. The Bertz CT molecular complexity index is 1270. The molecule has 1 N–H and O–H groups in total. The van der Waals surface area contributed by atoms with Crippen LogP contribution in [0.25, 0.3) is 6.08 Å². The Balaban J connectivity index is 1.62. The molecule has 1 fully saturated rings. The van der Waals surface area contributed by atoms with Crippen LogP contribution < -0.4 is 20.1 Å². The fraction of sp³-hybridized carbons (Fsp3) is 0.120. The van der Waals surface area contributed by atoms with Crippen molar-refractivity contribution < 1.29 is 19.2 Å². The molecule has 2 amide bonds. The maximum atomic E-state index is 12.9. The third-order valence-corrected chi connectivity index (χ3v) is 5.26. The maximum Gasteiger partial charge on any atom is 0.282 e. The zero-order valence-electron chi connectivity index (χ0n) is 18.6. The zero-order chi connectivity index (χ0) is 24.2. The van der Waals surface area contributed by atoms with Gasteiger partial charge in [-0.05, 0) is 48.0 Å². The van der Waals surface area contributed by atoms with Crippen molar-refractivity contribution in [1.82, 2.24) is 5.43 Å². The molecule has 0 bridgehead atoms. The van der Waals surface area contributed by atoms with Crippen molar-refractivity contribution in [2.75, 3.05) is 24.0 Å². The lowest BCUT2D eigenvalue weighted by molar-refractivity contribution is -0.384. The Morgan fingerprint density at radius 2 is 1.74 bits per heavy atom. The smallest absolute Gasteiger partial charge is 0.282 e. The molecular formula is C25H22N4O5. The fourth-order valence-corrected chi connectivity index (χ4v) is 3.39. The van der Waals surface area contributed by atoms with Crippen LogP contribution in [0.15, 0.2) is 78.4 Å². The molecule has 172 valence electrons. The first-order valence-electron chi connectivity index (χ1n) is 10.4. The van der Waals surface area contributed by atoms with Crippen LogP contribution in [-0.4, -0.2) is 30.8 Å². The highest BCUT2D eigenvalue weighted by Gasteiger charge is 2.34. The van der Waals surface area contributed by atoms with Crippen LogP contribution in [-0.2, 0) is 16.2 Å². The molecule has 1 heterocycles. The summed E-state index contributed by atoms with van der Waals surface area (Å²) in [5.41, 5.74) is 5.29. The highest BCUT2D eigenvalue weighted by Crippen LogP contribution is 2.30. The molecular weight excluding hydrogens is 436 g/mol. The predicted molar refractivity (Wildman–Crippen MR) is 128 cm³/mol. The van der Waals surface area contributed by atoms with E-state index in [1.165, 1.54) is 23.2 Å². The Labute approximate surface area is 196 Å². The minimum atomic E-state index is -0.508. The second-order valence-electron chi connectivity index (χ2n) is 7.80. The number of benzene rings is 3. The Hall–Kier alpha value is -4.66. The van der Waals surface area contributed by atoms with Crippen molar-refractivity contribution in [3.63, 3.8) is 0 Å². The number of amides is 2. The molecule has 3 aromatic rings. The van der Waals surface area contributed by atoms with Crippen LogP contribution in [0, 0.1) is 10.1 Å². The number of nitrogens with one attached hydrogen (secondary N) is 1. The van der Waals surface area contributed by atoms with E-state index in [1.807, 2.05) is 37.2 Å². The molecule has 9 heteroatoms. The predicted octanol–water partition coefficient (Wildman–Crippen LogP) is 3.70. The van der Waals surface area contributed by atoms with Crippen LogP contribution in [0.2, 0.25) is 0 Å². The second-order valence-corrected chi connectivity index (χ2v) is 7.80. The number of carbonyl (C=O) groups excluding carboxylic acids is 2. The molecule has 3 aromatic carbocycles. The van der Waals surface area contributed by atoms with Gasteiger partial charge in [-0.25, -0.2) is 5.01 Å². The first kappa shape index (κ1) is 22.5. The number of nitrogens with zero attached hydrogens (tertiary/aromatic N) is 3. The molecule has 0 aromatic heterocycles. The van der Waals surface area contributed by atoms with Gasteiger partial charge in [0.1, 0.15) is 17.9 Å². The van der Waals surface area contributed by atoms with Crippen LogP contribution in [0.4, 0.5) is 17.1 Å². The number of non-ortho nitro benzene ring substituents is 1. The van der Waals surface area contributed by atoms with Crippen molar-refractivity contribution in [2.24, 2.45) is 0 Å². The average Bonchev–Trinajstić information content (AvgIpc) is 3.12. The lowest BCUT2D eigenvalue weighted by Gasteiger charge is -2.16. The second kappa shape index (κ2) is 9.45. The number of nitro groups is 1. The van der Waals surface area contributed by atoms with E-state index < -0.39 is 16.7 Å². The summed E-state index contributed by atoms with van der Waals surface area (Å²) in [5, 5.41) is 12.1. The molecule has 1 saturated heterocycles. The normalized spacial score (nSPS) is 14.3. The van der Waals surface area contributed by atoms with Gasteiger partial charge in [0.2, 0.25) is 0 Å². The van der Waals surface area contributed by atoms with Crippen molar-refractivity contribution in [3.05, 3.63) is 99.6 Å². The van der Waals surface area contributed by atoms with E-state index in [2.05, 4.69) is 5.43 Å². The van der Waals surface area contributed by atoms with Crippen LogP contribution in [0.5, 0.6) is 5.75 Å². The van der Waals surface area contributed by atoms with Crippen LogP contribution in [0.1, 0.15) is 11.1 Å². The van der Waals surface area contributed by atoms with Crippen LogP contribution in [0.3, 0.4) is 0 Å². The van der Waals surface area contributed by atoms with Crippen molar-refractivity contribution in [2.45, 2.75) is 6.61 Å². The Morgan fingerprint density at radius 1 is 1.03 bits per heavy atom. The third-order valence-electron chi connectivity index (χ3n) is 5.26. The van der Waals surface area contributed by atoms with Gasteiger partial charge in [-0.3, -0.25) is 25.1 Å². The lowest BCUT2D eigenvalue weighted by Crippen LogP contribution is -2.35. The lowest BCUT2D eigenvalue weighted by atomic mass is 10.1. The molecule has 0 aliphatic carbocycles. The molecule has 0 atom stereocenters. The van der Waals surface area contributed by atoms with E-state index in [0.29, 0.717) is 17.0 Å². The number of nitro benzene ring substituents is 1. The molecule has 34 heavy (non-hydrogen) atoms. The summed E-state index contributed by atoms with van der Waals surface area (Å²) >= 11 is 0. The summed E-state index contributed by atoms with van der Waals surface area (Å²) in [6, 6.07) is 20.4. The quantitative estimate of drug-likeness (QED) is 0.251. The molecule has 4 rings (SSSR count). The van der Waals surface area contributed by atoms with Crippen molar-refractivity contribution >= 4 is 35.0 Å². The van der Waals surface area contributed by atoms with Gasteiger partial charge in [-0.15, -0.1) is 0 Å². The molecule has 0 radical (unpaired) electrons. The topological polar surface area (TPSA) is 105 Å². The molecule has 0 saturated carbocycles. The van der Waals surface area contributed by atoms with Gasteiger partial charge in [0.05, 0.1) is 10.6 Å². The van der Waals surface area contributed by atoms with Gasteiger partial charge in [0.15, 0.2) is 0 Å². The molecule has 9 nitrogen and oxygen atoms in total. The number of para-hydroxylation sites is 1. The van der Waals surface area contributed by atoms with Gasteiger partial charge in [-0.1, -0.05) is 18.2 Å². The van der Waals surface area contributed by atoms with Gasteiger partial charge in [0, 0.05) is 43.5 Å². The van der Waals surface area contributed by atoms with Gasteiger partial charge in [-0.2, -0.15) is 0 Å². The summed E-state index contributed by atoms with van der Waals surface area (Å²) in [4.78, 5) is 37.8. The Kier molecular flexibility index (Phi) is 6.26. The van der Waals surface area contributed by atoms with E-state index in [1.54, 1.807) is 42.5 Å². The number of hydrazine groups is 1. The standard InChI is InChI=1S/C25H22N4O5/c1-27(2)21-13-10-18(23(15-21)34-16-17-8-11-20(12-9-17)29(32)33)14-22-24(30)26-28(25(22)31)19-6-4-3-5-7-19/h3-15H,16H2,1-2H3,(H,26,30). The first-order valence-corrected chi connectivity index (χ1v) is 10.4. The van der Waals surface area contributed by atoms with E-state index in [-0.39, 0.29) is 17.9 Å². The molecule has 0 unspecified atom stereocenters. The third kappa shape index (κ3) is 4.73. The summed E-state index contributed by atoms with van der Waals surface area (Å²) in [6.07, 6.45) is 1.51. The molecule has 1 aliphatic rings. The minimum absolute atomic E-state index is 0.00231. The SMILES string of the molecule is CN(C)c1ccc(C=C2C(=O)NN(c3ccccc3)C2=O)c(OCc2ccc([N+](=O)[O-])cc2)c1. The van der Waals surface area contributed by atoms with Crippen molar-refractivity contribution in [3.8, 4) is 5.75 Å². The average molecular weight is 458 g/mol. The number of hydrogen-bond donors (Lipinski definition) is 1. The van der Waals surface area contributed by atoms with Gasteiger partial charge >= 0.3 is 0 Å². The number of rotatable bonds is 7. The largest absolute Gasteiger partial charge is 0.488 e. The van der Waals surface area contributed by atoms with E-state index in [9.17, 15) is 19.7 Å². The van der Waals surface area contributed by atoms with E-state index in [4.69, 9.17) is 4.74 Å². The Morgan fingerprint density at radius 3 is 2.38 bits per heavy atom. The summed E-state index contributed by atoms with van der Waals surface area (Å²) in [5.74, 6) is -0.503. The monoisotopic (exact) mass is 458 g/mol. The maximum absolute atomic E-state index is 12.9. The fourth-order valence-electron chi connectivity index (χ4n) is 3.39. The number of carbonyl (C=O) groups is 2. The zero-order valence-corrected chi connectivity index (χ0v) is 18.6. The number of anilines is 2. The van der Waals surface area contributed by atoms with Crippen LogP contribution >= 0.6 is 0 Å². The van der Waals surface area contributed by atoms with E-state index in [0.717, 1.165) is 11.3 Å². The van der Waals surface area contributed by atoms with Crippen molar-refractivity contribution in [1.29, 1.82) is 0 Å². The summed E-state index contributed by atoms with van der Waals surface area (Å²) < 4.78 is 6.01. The first-order chi connectivity index (χ1) is 16.3. The summed E-state index contributed by atoms with van der Waals surface area (Å²) in [6.45, 7) is 0.154. The number of hydrogen-bond acceptors (Lipinski definition) is 6. The highest BCUT2D eigenvalue weighted by molar-refractivity contribution is 6.31. The van der Waals surface area contributed by atoms with Gasteiger partial charge < -0.3 is 9.64 Å². The minimum Gasteiger partial charge on any atom is -0.488 e. The van der Waals surface area contributed by atoms with Gasteiger partial charge in [0.25, 0.3) is 17.5 Å². The molecule has 1 aliphatic heterocycles.